The minimum Gasteiger partial charge on any atom is -0.341 e. The van der Waals surface area contributed by atoms with Crippen molar-refractivity contribution in [1.29, 1.82) is 0 Å². The van der Waals surface area contributed by atoms with Crippen LogP contribution >= 0.6 is 0 Å². The van der Waals surface area contributed by atoms with Crippen molar-refractivity contribution >= 4 is 21.8 Å². The maximum atomic E-state index is 2.37. The Hall–Kier alpha value is -3.32. The van der Waals surface area contributed by atoms with Gasteiger partial charge in [-0.2, -0.15) is 0 Å². The van der Waals surface area contributed by atoms with Crippen LogP contribution in [-0.4, -0.2) is 4.57 Å². The Kier molecular flexibility index (Phi) is 14.6. The van der Waals surface area contributed by atoms with Gasteiger partial charge in [-0.05, 0) is 47.7 Å². The Bertz CT molecular complexity index is 1180. The van der Waals surface area contributed by atoms with Gasteiger partial charge in [-0.1, -0.05) is 140 Å². The van der Waals surface area contributed by atoms with Crippen LogP contribution < -0.4 is 0 Å². The average molecular weight is 482 g/mol. The molecular formula is C35H47N. The first kappa shape index (κ1) is 30.7. The molecule has 0 bridgehead atoms. The van der Waals surface area contributed by atoms with E-state index >= 15 is 0 Å². The fraction of sp³-hybridized carbons (Fsp3) is 0.314. The second kappa shape index (κ2) is 17.2. The predicted molar refractivity (Wildman–Crippen MR) is 165 cm³/mol. The van der Waals surface area contributed by atoms with E-state index in [2.05, 4.69) is 109 Å². The van der Waals surface area contributed by atoms with Crippen LogP contribution in [0.15, 0.2) is 97.1 Å². The van der Waals surface area contributed by atoms with Gasteiger partial charge in [0, 0.05) is 28.4 Å². The van der Waals surface area contributed by atoms with Gasteiger partial charge < -0.3 is 4.57 Å². The number of fused-ring (bicyclic) bond motifs is 6. The van der Waals surface area contributed by atoms with Gasteiger partial charge in [0.2, 0.25) is 0 Å². The van der Waals surface area contributed by atoms with Crippen LogP contribution in [0.4, 0.5) is 0 Å². The molecule has 0 spiro atoms. The van der Waals surface area contributed by atoms with E-state index in [0.717, 1.165) is 13.0 Å². The van der Waals surface area contributed by atoms with Crippen LogP contribution in [-0.2, 0) is 13.0 Å². The fourth-order valence-corrected chi connectivity index (χ4v) is 4.42. The Labute approximate surface area is 220 Å². The summed E-state index contributed by atoms with van der Waals surface area (Å²) in [5.41, 5.74) is 8.42. The second-order valence-electron chi connectivity index (χ2n) is 7.27. The lowest BCUT2D eigenvalue weighted by molar-refractivity contribution is 0.827. The van der Waals surface area contributed by atoms with E-state index in [4.69, 9.17) is 0 Å². The third-order valence-electron chi connectivity index (χ3n) is 5.70. The molecule has 0 saturated carbocycles. The zero-order chi connectivity index (χ0) is 26.9. The zero-order valence-corrected chi connectivity index (χ0v) is 24.1. The molecule has 5 aromatic rings. The molecule has 0 saturated heterocycles. The summed E-state index contributed by atoms with van der Waals surface area (Å²) < 4.78 is 2.37. The van der Waals surface area contributed by atoms with E-state index in [0.29, 0.717) is 0 Å². The number of para-hydroxylation sites is 2. The van der Waals surface area contributed by atoms with Crippen LogP contribution in [0, 0.1) is 0 Å². The normalized spacial score (nSPS) is 9.81. The molecule has 192 valence electrons. The van der Waals surface area contributed by atoms with Crippen LogP contribution in [0.3, 0.4) is 0 Å². The average Bonchev–Trinajstić information content (AvgIpc) is 3.53. The number of benzene rings is 4. The minimum atomic E-state index is 1.02. The summed E-state index contributed by atoms with van der Waals surface area (Å²) >= 11 is 0. The Balaban J connectivity index is 0.000000284. The summed E-state index contributed by atoms with van der Waals surface area (Å²) in [5, 5.41) is 2.71. The lowest BCUT2D eigenvalue weighted by atomic mass is 10.1. The highest BCUT2D eigenvalue weighted by molar-refractivity contribution is 6.07. The van der Waals surface area contributed by atoms with E-state index in [1.54, 1.807) is 0 Å². The highest BCUT2D eigenvalue weighted by Crippen LogP contribution is 2.35. The van der Waals surface area contributed by atoms with Crippen molar-refractivity contribution < 1.29 is 0 Å². The van der Waals surface area contributed by atoms with Crippen molar-refractivity contribution in [2.75, 3.05) is 0 Å². The Morgan fingerprint density at radius 2 is 0.806 bits per heavy atom. The number of hydrogen-bond acceptors (Lipinski definition) is 0. The van der Waals surface area contributed by atoms with Crippen molar-refractivity contribution in [3.05, 3.63) is 108 Å². The molecule has 1 heterocycles. The molecule has 6 rings (SSSR count). The largest absolute Gasteiger partial charge is 0.341 e. The predicted octanol–water partition coefficient (Wildman–Crippen LogP) is 11.2. The summed E-state index contributed by atoms with van der Waals surface area (Å²) in [7, 11) is 0. The van der Waals surface area contributed by atoms with Crippen molar-refractivity contribution in [3.8, 4) is 11.1 Å². The van der Waals surface area contributed by atoms with E-state index in [1.807, 2.05) is 55.4 Å². The number of nitrogens with zero attached hydrogens (tertiary/aromatic N) is 1. The minimum absolute atomic E-state index is 1.02. The quantitative estimate of drug-likeness (QED) is 0.220. The first-order valence-corrected chi connectivity index (χ1v) is 14.0. The number of aryl methyl sites for hydroxylation is 1. The number of rotatable bonds is 1. The summed E-state index contributed by atoms with van der Waals surface area (Å²) in [6.45, 7) is 19.2. The molecule has 1 heteroatoms. The molecule has 0 unspecified atom stereocenters. The molecule has 1 aromatic heterocycles. The molecule has 36 heavy (non-hydrogen) atoms. The molecule has 0 aliphatic heterocycles. The molecule has 1 nitrogen and oxygen atoms in total. The lowest BCUT2D eigenvalue weighted by Gasteiger charge is -2.01. The molecular weight excluding hydrogens is 434 g/mol. The van der Waals surface area contributed by atoms with Gasteiger partial charge in [0.1, 0.15) is 0 Å². The molecule has 0 N–H and O–H groups in total. The standard InChI is InChI=1S/C14H13N.C13H10.4C2H6/c1-2-15-13-9-5-3-7-11(13)12-8-4-6-10-14(12)15;1-3-7-12-10(5-1)9-11-6-2-4-8-13(11)12;4*1-2/h3-10H,2H2,1H3;1-8H,9H2;4*1-2H3. The zero-order valence-electron chi connectivity index (χ0n) is 24.1. The van der Waals surface area contributed by atoms with Gasteiger partial charge in [0.25, 0.3) is 0 Å². The van der Waals surface area contributed by atoms with Crippen LogP contribution in [0.2, 0.25) is 0 Å². The monoisotopic (exact) mass is 481 g/mol. The number of hydrogen-bond donors (Lipinski definition) is 0. The van der Waals surface area contributed by atoms with Crippen molar-refractivity contribution in [2.45, 2.75) is 75.3 Å². The third kappa shape index (κ3) is 6.88. The van der Waals surface area contributed by atoms with Gasteiger partial charge in [-0.25, -0.2) is 0 Å². The fourth-order valence-electron chi connectivity index (χ4n) is 4.42. The van der Waals surface area contributed by atoms with Gasteiger partial charge in [0.05, 0.1) is 0 Å². The van der Waals surface area contributed by atoms with Crippen LogP contribution in [0.1, 0.15) is 73.4 Å². The van der Waals surface area contributed by atoms with Crippen molar-refractivity contribution in [2.24, 2.45) is 0 Å². The smallest absolute Gasteiger partial charge is 0.0491 e. The van der Waals surface area contributed by atoms with Gasteiger partial charge in [-0.3, -0.25) is 0 Å². The second-order valence-corrected chi connectivity index (χ2v) is 7.27. The SMILES string of the molecule is CC.CC.CC.CC.CCn1c2ccccc2c2ccccc21.c1ccc2c(c1)Cc1ccccc1-2. The molecule has 0 radical (unpaired) electrons. The lowest BCUT2D eigenvalue weighted by Crippen LogP contribution is -1.91. The highest BCUT2D eigenvalue weighted by Gasteiger charge is 2.15. The van der Waals surface area contributed by atoms with Gasteiger partial charge in [0.15, 0.2) is 0 Å². The topological polar surface area (TPSA) is 4.93 Å². The summed E-state index contributed by atoms with van der Waals surface area (Å²) in [6.07, 6.45) is 1.10. The first-order chi connectivity index (χ1) is 17.9. The maximum absolute atomic E-state index is 2.37. The van der Waals surface area contributed by atoms with Gasteiger partial charge >= 0.3 is 0 Å². The maximum Gasteiger partial charge on any atom is 0.0491 e. The summed E-state index contributed by atoms with van der Waals surface area (Å²) in [4.78, 5) is 0. The van der Waals surface area contributed by atoms with E-state index in [1.165, 1.54) is 44.1 Å². The Morgan fingerprint density at radius 3 is 1.19 bits per heavy atom. The molecule has 0 atom stereocenters. The molecule has 1 aliphatic carbocycles. The third-order valence-corrected chi connectivity index (χ3v) is 5.70. The molecule has 1 aliphatic rings. The Morgan fingerprint density at radius 1 is 0.472 bits per heavy atom. The molecule has 0 amide bonds. The van der Waals surface area contributed by atoms with Crippen molar-refractivity contribution in [3.63, 3.8) is 0 Å². The van der Waals surface area contributed by atoms with Gasteiger partial charge in [-0.15, -0.1) is 0 Å². The molecule has 0 fully saturated rings. The summed E-state index contributed by atoms with van der Waals surface area (Å²) in [6, 6.07) is 34.5. The van der Waals surface area contributed by atoms with Crippen molar-refractivity contribution in [1.82, 2.24) is 4.57 Å². The molecule has 4 aromatic carbocycles. The first-order valence-electron chi connectivity index (χ1n) is 14.0. The number of aromatic nitrogens is 1. The van der Waals surface area contributed by atoms with Crippen LogP contribution in [0.5, 0.6) is 0 Å². The van der Waals surface area contributed by atoms with E-state index < -0.39 is 0 Å². The van der Waals surface area contributed by atoms with E-state index in [9.17, 15) is 0 Å². The van der Waals surface area contributed by atoms with E-state index in [-0.39, 0.29) is 0 Å². The van der Waals surface area contributed by atoms with Crippen LogP contribution in [0.25, 0.3) is 32.9 Å². The summed E-state index contributed by atoms with van der Waals surface area (Å²) in [5.74, 6) is 0. The highest BCUT2D eigenvalue weighted by atomic mass is 15.0.